The molecule has 0 amide bonds. The summed E-state index contributed by atoms with van der Waals surface area (Å²) >= 11 is 0. The molecule has 0 aliphatic heterocycles. The molecule has 10 heteroatoms. The summed E-state index contributed by atoms with van der Waals surface area (Å²) in [6.45, 7) is 4.38. The van der Waals surface area contributed by atoms with Crippen LogP contribution in [-0.4, -0.2) is 37.2 Å². The first-order chi connectivity index (χ1) is 20.2. The van der Waals surface area contributed by atoms with Gasteiger partial charge in [0.1, 0.15) is 24.7 Å². The van der Waals surface area contributed by atoms with Crippen LogP contribution >= 0.6 is 0 Å². The summed E-state index contributed by atoms with van der Waals surface area (Å²) in [5, 5.41) is 19.6. The standard InChI is InChI=1S/C32H34N8O2/c1-21(39-31(35)36)19-41-29-11-3-23(4-12-29)15-27(17-33)25-7-9-26(10-8-25)28(18-34)16-24-5-13-30(14-6-24)42-20-22(2)40-32(37)38/h3-16,21-22H,19-20H2,1-2H3,(H4,35,36,39)(H4,37,38,40)/b27-15-,28-16+/t21-,22-/m1/s1. The molecule has 3 rings (SSSR count). The van der Waals surface area contributed by atoms with Crippen LogP contribution in [0, 0.1) is 22.7 Å². The Morgan fingerprint density at radius 3 is 1.26 bits per heavy atom. The number of benzene rings is 3. The monoisotopic (exact) mass is 562 g/mol. The fraction of sp³-hybridized carbons (Fsp3) is 0.188. The van der Waals surface area contributed by atoms with Crippen LogP contribution in [0.1, 0.15) is 36.1 Å². The molecule has 0 saturated heterocycles. The van der Waals surface area contributed by atoms with Crippen molar-refractivity contribution in [2.24, 2.45) is 32.9 Å². The number of hydrogen-bond donors (Lipinski definition) is 4. The zero-order valence-corrected chi connectivity index (χ0v) is 23.6. The molecule has 3 aromatic carbocycles. The molecule has 0 unspecified atom stereocenters. The van der Waals surface area contributed by atoms with Gasteiger partial charge in [-0.25, -0.2) is 9.98 Å². The van der Waals surface area contributed by atoms with Gasteiger partial charge in [-0.05, 0) is 72.5 Å². The Hall–Kier alpha value is -5.74. The van der Waals surface area contributed by atoms with E-state index in [1.54, 1.807) is 12.2 Å². The van der Waals surface area contributed by atoms with E-state index in [9.17, 15) is 10.5 Å². The summed E-state index contributed by atoms with van der Waals surface area (Å²) in [4.78, 5) is 8.05. The first-order valence-electron chi connectivity index (χ1n) is 13.1. The van der Waals surface area contributed by atoms with Gasteiger partial charge in [-0.2, -0.15) is 10.5 Å². The van der Waals surface area contributed by atoms with Crippen LogP contribution < -0.4 is 32.4 Å². The fourth-order valence-corrected chi connectivity index (χ4v) is 3.86. The van der Waals surface area contributed by atoms with Crippen LogP contribution in [0.5, 0.6) is 11.5 Å². The molecule has 0 aromatic heterocycles. The number of nitrogens with zero attached hydrogens (tertiary/aromatic N) is 4. The summed E-state index contributed by atoms with van der Waals surface area (Å²) in [6, 6.07) is 26.2. The average molecular weight is 563 g/mol. The molecule has 0 aliphatic carbocycles. The lowest BCUT2D eigenvalue weighted by Crippen LogP contribution is -2.26. The van der Waals surface area contributed by atoms with Crippen molar-refractivity contribution < 1.29 is 9.47 Å². The van der Waals surface area contributed by atoms with Gasteiger partial charge in [0.25, 0.3) is 0 Å². The van der Waals surface area contributed by atoms with Gasteiger partial charge in [-0.15, -0.1) is 0 Å². The highest BCUT2D eigenvalue weighted by molar-refractivity contribution is 5.92. The summed E-state index contributed by atoms with van der Waals surface area (Å²) in [6.07, 6.45) is 3.59. The summed E-state index contributed by atoms with van der Waals surface area (Å²) in [7, 11) is 0. The SMILES string of the molecule is C[C@H](COc1ccc(/C=C(\C#N)c2ccc(/C(C#N)=C\c3ccc(OC[C@@H](C)N=C(N)N)cc3)cc2)cc1)N=C(N)N. The molecule has 0 spiro atoms. The highest BCUT2D eigenvalue weighted by Crippen LogP contribution is 2.24. The van der Waals surface area contributed by atoms with Crippen LogP contribution in [0.15, 0.2) is 82.8 Å². The van der Waals surface area contributed by atoms with Crippen LogP contribution in [-0.2, 0) is 0 Å². The lowest BCUT2D eigenvalue weighted by atomic mass is 9.99. The zero-order chi connectivity index (χ0) is 30.5. The average Bonchev–Trinajstić information content (AvgIpc) is 2.97. The van der Waals surface area contributed by atoms with Crippen molar-refractivity contribution >= 4 is 35.2 Å². The topological polar surface area (TPSA) is 195 Å². The first kappa shape index (κ1) is 30.8. The largest absolute Gasteiger partial charge is 0.491 e. The van der Waals surface area contributed by atoms with Crippen LogP contribution in [0.3, 0.4) is 0 Å². The van der Waals surface area contributed by atoms with Crippen LogP contribution in [0.25, 0.3) is 23.3 Å². The second kappa shape index (κ2) is 15.2. The van der Waals surface area contributed by atoms with Gasteiger partial charge in [0.2, 0.25) is 0 Å². The second-order valence-corrected chi connectivity index (χ2v) is 9.48. The summed E-state index contributed by atoms with van der Waals surface area (Å²) < 4.78 is 11.4. The van der Waals surface area contributed by atoms with Crippen LogP contribution in [0.4, 0.5) is 0 Å². The van der Waals surface area contributed by atoms with Gasteiger partial charge in [0, 0.05) is 0 Å². The molecule has 0 bridgehead atoms. The normalized spacial score (nSPS) is 12.7. The van der Waals surface area contributed by atoms with Gasteiger partial charge in [-0.3, -0.25) is 0 Å². The Morgan fingerprint density at radius 1 is 0.643 bits per heavy atom. The molecule has 42 heavy (non-hydrogen) atoms. The van der Waals surface area contributed by atoms with Gasteiger partial charge in [0.05, 0.1) is 35.4 Å². The van der Waals surface area contributed by atoms with E-state index in [0.29, 0.717) is 35.9 Å². The van der Waals surface area contributed by atoms with Crippen molar-refractivity contribution in [2.45, 2.75) is 25.9 Å². The van der Waals surface area contributed by atoms with Crippen molar-refractivity contribution in [3.05, 3.63) is 95.1 Å². The number of rotatable bonds is 12. The summed E-state index contributed by atoms with van der Waals surface area (Å²) in [5.41, 5.74) is 25.7. The predicted molar refractivity (Wildman–Crippen MR) is 168 cm³/mol. The Bertz CT molecular complexity index is 1420. The van der Waals surface area contributed by atoms with E-state index in [1.807, 2.05) is 86.6 Å². The number of hydrogen-bond acceptors (Lipinski definition) is 6. The Labute approximate surface area is 245 Å². The molecule has 0 fully saturated rings. The minimum Gasteiger partial charge on any atom is -0.491 e. The quantitative estimate of drug-likeness (QED) is 0.110. The number of allylic oxidation sites excluding steroid dienone is 2. The Balaban J connectivity index is 1.67. The maximum Gasteiger partial charge on any atom is 0.186 e. The Morgan fingerprint density at radius 2 is 0.976 bits per heavy atom. The van der Waals surface area contributed by atoms with Gasteiger partial charge in [0.15, 0.2) is 11.9 Å². The molecular weight excluding hydrogens is 528 g/mol. The molecule has 214 valence electrons. The number of nitrogens with two attached hydrogens (primary N) is 4. The van der Waals surface area contributed by atoms with Gasteiger partial charge >= 0.3 is 0 Å². The van der Waals surface area contributed by atoms with E-state index in [0.717, 1.165) is 22.3 Å². The zero-order valence-electron chi connectivity index (χ0n) is 23.6. The van der Waals surface area contributed by atoms with Crippen molar-refractivity contribution in [3.63, 3.8) is 0 Å². The lowest BCUT2D eigenvalue weighted by Gasteiger charge is -2.10. The highest BCUT2D eigenvalue weighted by Gasteiger charge is 2.07. The molecule has 10 nitrogen and oxygen atoms in total. The third-order valence-corrected chi connectivity index (χ3v) is 5.85. The van der Waals surface area contributed by atoms with E-state index < -0.39 is 0 Å². The number of ether oxygens (including phenoxy) is 2. The summed E-state index contributed by atoms with van der Waals surface area (Å²) in [5.74, 6) is 1.38. The molecule has 0 heterocycles. The maximum atomic E-state index is 9.79. The molecule has 0 radical (unpaired) electrons. The highest BCUT2D eigenvalue weighted by atomic mass is 16.5. The Kier molecular flexibility index (Phi) is 11.1. The molecule has 0 aliphatic rings. The fourth-order valence-electron chi connectivity index (χ4n) is 3.86. The molecular formula is C32H34N8O2. The number of guanidine groups is 2. The lowest BCUT2D eigenvalue weighted by molar-refractivity contribution is 0.297. The molecule has 2 atom stereocenters. The first-order valence-corrected chi connectivity index (χ1v) is 13.1. The van der Waals surface area contributed by atoms with E-state index in [1.165, 1.54) is 0 Å². The van der Waals surface area contributed by atoms with Crippen molar-refractivity contribution in [2.75, 3.05) is 13.2 Å². The van der Waals surface area contributed by atoms with E-state index in [-0.39, 0.29) is 24.0 Å². The number of nitriles is 2. The number of aliphatic imine (C=N–C) groups is 2. The van der Waals surface area contributed by atoms with Crippen molar-refractivity contribution in [3.8, 4) is 23.6 Å². The van der Waals surface area contributed by atoms with Crippen molar-refractivity contribution in [1.29, 1.82) is 10.5 Å². The van der Waals surface area contributed by atoms with Gasteiger partial charge in [-0.1, -0.05) is 48.5 Å². The predicted octanol–water partition coefficient (Wildman–Crippen LogP) is 3.90. The molecule has 0 saturated carbocycles. The maximum absolute atomic E-state index is 9.79. The van der Waals surface area contributed by atoms with E-state index in [2.05, 4.69) is 22.1 Å². The smallest absolute Gasteiger partial charge is 0.186 e. The second-order valence-electron chi connectivity index (χ2n) is 9.48. The van der Waals surface area contributed by atoms with E-state index in [4.69, 9.17) is 32.4 Å². The minimum atomic E-state index is -0.169. The van der Waals surface area contributed by atoms with E-state index >= 15 is 0 Å². The van der Waals surface area contributed by atoms with Gasteiger partial charge < -0.3 is 32.4 Å². The van der Waals surface area contributed by atoms with Crippen molar-refractivity contribution in [1.82, 2.24) is 0 Å². The third kappa shape index (κ3) is 9.78. The molecule has 8 N–H and O–H groups in total. The molecule has 3 aromatic rings. The minimum absolute atomic E-state index is 0.0209. The third-order valence-electron chi connectivity index (χ3n) is 5.85. The van der Waals surface area contributed by atoms with Crippen LogP contribution in [0.2, 0.25) is 0 Å².